The van der Waals surface area contributed by atoms with Gasteiger partial charge >= 0.3 is 11.9 Å². The van der Waals surface area contributed by atoms with Gasteiger partial charge in [-0.3, -0.25) is 0 Å². The number of aromatic nitrogens is 2. The fourth-order valence-electron chi connectivity index (χ4n) is 5.62. The van der Waals surface area contributed by atoms with Gasteiger partial charge in [0.15, 0.2) is 0 Å². The van der Waals surface area contributed by atoms with Gasteiger partial charge in [0.2, 0.25) is 0 Å². The van der Waals surface area contributed by atoms with Gasteiger partial charge in [-0.15, -0.1) is 0 Å². The Balaban J connectivity index is 1.75. The third kappa shape index (κ3) is 5.34. The number of aromatic amines is 2. The maximum Gasteiger partial charge on any atom is 0.341 e. The lowest BCUT2D eigenvalue weighted by molar-refractivity contribution is 0.0516. The van der Waals surface area contributed by atoms with Gasteiger partial charge in [0, 0.05) is 11.1 Å². The minimum atomic E-state index is -0.494. The summed E-state index contributed by atoms with van der Waals surface area (Å²) in [6, 6.07) is 39.1. The maximum atomic E-state index is 13.9. The zero-order chi connectivity index (χ0) is 30.5. The van der Waals surface area contributed by atoms with Crippen molar-refractivity contribution in [2.45, 2.75) is 13.8 Å². The van der Waals surface area contributed by atoms with E-state index in [9.17, 15) is 9.59 Å². The number of hydrogen-bond donors (Lipinski definition) is 2. The molecule has 0 amide bonds. The predicted octanol–water partition coefficient (Wildman–Crippen LogP) is 9.03. The molecular formula is C38H32N2O4. The topological polar surface area (TPSA) is 84.2 Å². The molecule has 6 heteroatoms. The Labute approximate surface area is 256 Å². The molecule has 0 aliphatic carbocycles. The van der Waals surface area contributed by atoms with Crippen LogP contribution in [0.2, 0.25) is 0 Å². The number of carbonyl (C=O) groups is 2. The highest BCUT2D eigenvalue weighted by molar-refractivity contribution is 6.13. The fraction of sp³-hybridized carbons (Fsp3) is 0.105. The van der Waals surface area contributed by atoms with E-state index in [1.807, 2.05) is 121 Å². The molecule has 6 rings (SSSR count). The smallest absolute Gasteiger partial charge is 0.341 e. The lowest BCUT2D eigenvalue weighted by atomic mass is 9.94. The summed E-state index contributed by atoms with van der Waals surface area (Å²) < 4.78 is 11.3. The van der Waals surface area contributed by atoms with Crippen LogP contribution in [0.5, 0.6) is 0 Å². The second-order valence-electron chi connectivity index (χ2n) is 10.2. The highest BCUT2D eigenvalue weighted by Crippen LogP contribution is 2.46. The first-order valence-electron chi connectivity index (χ1n) is 14.7. The van der Waals surface area contributed by atoms with Crippen LogP contribution >= 0.6 is 0 Å². The van der Waals surface area contributed by atoms with Crippen molar-refractivity contribution in [2.24, 2.45) is 0 Å². The standard InChI is InChI=1S/C38H32N2O4/c1-3-43-37(41)31-29(25-17-9-5-10-18-25)33(27-21-13-7-14-22-27)39-35(31)36-32(38(42)44-4-2)30(26-19-11-6-12-20-26)34(40-36)28-23-15-8-16-24-28/h5-24,39-40H,3-4H2,1-2H3. The molecule has 218 valence electrons. The Bertz CT molecular complexity index is 1750. The van der Waals surface area contributed by atoms with E-state index in [0.29, 0.717) is 33.6 Å². The molecule has 0 spiro atoms. The summed E-state index contributed by atoms with van der Waals surface area (Å²) in [6.07, 6.45) is 0. The van der Waals surface area contributed by atoms with Gasteiger partial charge < -0.3 is 19.4 Å². The van der Waals surface area contributed by atoms with E-state index in [-0.39, 0.29) is 13.2 Å². The molecule has 0 saturated heterocycles. The van der Waals surface area contributed by atoms with Crippen LogP contribution in [-0.4, -0.2) is 35.1 Å². The number of benzene rings is 4. The van der Waals surface area contributed by atoms with Crippen molar-refractivity contribution < 1.29 is 19.1 Å². The first-order valence-corrected chi connectivity index (χ1v) is 14.7. The number of rotatable bonds is 9. The molecule has 0 unspecified atom stereocenters. The van der Waals surface area contributed by atoms with E-state index in [4.69, 9.17) is 9.47 Å². The number of carbonyl (C=O) groups excluding carboxylic acids is 2. The number of H-pyrrole nitrogens is 2. The third-order valence-electron chi connectivity index (χ3n) is 7.46. The monoisotopic (exact) mass is 580 g/mol. The van der Waals surface area contributed by atoms with Crippen molar-refractivity contribution in [1.82, 2.24) is 9.97 Å². The summed E-state index contributed by atoms with van der Waals surface area (Å²) >= 11 is 0. The lowest BCUT2D eigenvalue weighted by Crippen LogP contribution is -2.10. The summed E-state index contributed by atoms with van der Waals surface area (Å²) in [5.74, 6) is -0.988. The van der Waals surface area contributed by atoms with Crippen LogP contribution in [0.15, 0.2) is 121 Å². The first kappa shape index (κ1) is 28.5. The van der Waals surface area contributed by atoms with Crippen LogP contribution < -0.4 is 0 Å². The van der Waals surface area contributed by atoms with E-state index in [1.54, 1.807) is 13.8 Å². The van der Waals surface area contributed by atoms with Gasteiger partial charge in [-0.25, -0.2) is 9.59 Å². The Morgan fingerprint density at radius 3 is 1.05 bits per heavy atom. The van der Waals surface area contributed by atoms with Gasteiger partial charge in [0.25, 0.3) is 0 Å². The fourth-order valence-corrected chi connectivity index (χ4v) is 5.62. The molecule has 0 bridgehead atoms. The number of nitrogens with one attached hydrogen (secondary N) is 2. The molecule has 2 aromatic heterocycles. The van der Waals surface area contributed by atoms with Crippen LogP contribution in [0.1, 0.15) is 34.6 Å². The van der Waals surface area contributed by atoms with Gasteiger partial charge in [0.05, 0.1) is 47.1 Å². The minimum absolute atomic E-state index is 0.193. The van der Waals surface area contributed by atoms with Crippen molar-refractivity contribution in [3.05, 3.63) is 132 Å². The van der Waals surface area contributed by atoms with Crippen molar-refractivity contribution in [3.8, 4) is 56.2 Å². The summed E-state index contributed by atoms with van der Waals surface area (Å²) in [5, 5.41) is 0. The summed E-state index contributed by atoms with van der Waals surface area (Å²) in [7, 11) is 0. The second kappa shape index (κ2) is 12.7. The van der Waals surface area contributed by atoms with Crippen molar-refractivity contribution in [3.63, 3.8) is 0 Å². The molecule has 4 aromatic carbocycles. The van der Waals surface area contributed by atoms with Crippen molar-refractivity contribution in [2.75, 3.05) is 13.2 Å². The molecule has 0 radical (unpaired) electrons. The van der Waals surface area contributed by atoms with Crippen LogP contribution in [0.3, 0.4) is 0 Å². The quantitative estimate of drug-likeness (QED) is 0.167. The average Bonchev–Trinajstić information content (AvgIpc) is 3.67. The van der Waals surface area contributed by atoms with Crippen LogP contribution in [0, 0.1) is 0 Å². The zero-order valence-electron chi connectivity index (χ0n) is 24.6. The normalized spacial score (nSPS) is 10.9. The predicted molar refractivity (Wildman–Crippen MR) is 174 cm³/mol. The number of ether oxygens (including phenoxy) is 2. The number of esters is 2. The molecule has 0 saturated carbocycles. The molecule has 0 atom stereocenters. The molecular weight excluding hydrogens is 548 g/mol. The second-order valence-corrected chi connectivity index (χ2v) is 10.2. The molecule has 6 nitrogen and oxygen atoms in total. The third-order valence-corrected chi connectivity index (χ3v) is 7.46. The molecule has 2 heterocycles. The Morgan fingerprint density at radius 2 is 0.750 bits per heavy atom. The van der Waals surface area contributed by atoms with Gasteiger partial charge in [-0.1, -0.05) is 121 Å². The molecule has 0 fully saturated rings. The zero-order valence-corrected chi connectivity index (χ0v) is 24.6. The summed E-state index contributed by atoms with van der Waals surface area (Å²) in [5.41, 5.74) is 7.88. The lowest BCUT2D eigenvalue weighted by Gasteiger charge is -2.10. The van der Waals surface area contributed by atoms with E-state index in [2.05, 4.69) is 9.97 Å². The largest absolute Gasteiger partial charge is 0.462 e. The van der Waals surface area contributed by atoms with Crippen molar-refractivity contribution >= 4 is 11.9 Å². The van der Waals surface area contributed by atoms with E-state index in [0.717, 1.165) is 33.6 Å². The first-order chi connectivity index (χ1) is 21.6. The highest BCUT2D eigenvalue weighted by atomic mass is 16.5. The van der Waals surface area contributed by atoms with E-state index >= 15 is 0 Å². The number of hydrogen-bond acceptors (Lipinski definition) is 4. The van der Waals surface area contributed by atoms with Gasteiger partial charge in [-0.05, 0) is 36.1 Å². The van der Waals surface area contributed by atoms with Crippen LogP contribution in [0.4, 0.5) is 0 Å². The SMILES string of the molecule is CCOC(=O)c1c(-c2[nH]c(-c3ccccc3)c(-c3ccccc3)c2C(=O)OCC)[nH]c(-c2ccccc2)c1-c1ccccc1. The Hall–Kier alpha value is -5.62. The summed E-state index contributed by atoms with van der Waals surface area (Å²) in [6.45, 7) is 3.95. The van der Waals surface area contributed by atoms with Crippen LogP contribution in [-0.2, 0) is 9.47 Å². The summed E-state index contributed by atoms with van der Waals surface area (Å²) in [4.78, 5) is 35.0. The molecule has 2 N–H and O–H groups in total. The van der Waals surface area contributed by atoms with Gasteiger partial charge in [-0.2, -0.15) is 0 Å². The van der Waals surface area contributed by atoms with Gasteiger partial charge in [0.1, 0.15) is 0 Å². The van der Waals surface area contributed by atoms with E-state index < -0.39 is 11.9 Å². The molecule has 44 heavy (non-hydrogen) atoms. The van der Waals surface area contributed by atoms with Crippen LogP contribution in [0.25, 0.3) is 56.2 Å². The Morgan fingerprint density at radius 1 is 0.455 bits per heavy atom. The highest BCUT2D eigenvalue weighted by Gasteiger charge is 2.33. The maximum absolute atomic E-state index is 13.9. The molecule has 0 aliphatic rings. The molecule has 6 aromatic rings. The molecule has 0 aliphatic heterocycles. The minimum Gasteiger partial charge on any atom is -0.462 e. The average molecular weight is 581 g/mol. The van der Waals surface area contributed by atoms with Crippen molar-refractivity contribution in [1.29, 1.82) is 0 Å². The van der Waals surface area contributed by atoms with E-state index in [1.165, 1.54) is 0 Å². The Kier molecular flexibility index (Phi) is 8.23.